The molecule has 3 rings (SSSR count). The zero-order chi connectivity index (χ0) is 16.4. The molecule has 23 heavy (non-hydrogen) atoms. The summed E-state index contributed by atoms with van der Waals surface area (Å²) in [5, 5.41) is 9.57. The van der Waals surface area contributed by atoms with E-state index >= 15 is 0 Å². The third-order valence-electron chi connectivity index (χ3n) is 3.54. The molecule has 2 heterocycles. The lowest BCUT2D eigenvalue weighted by atomic mass is 10.0. The standard InChI is InChI=1S/C16H16N4O3/c17-12-13(14(22)11-6-1-2-7-23-11)19-16(20-15(12)18)9-4-3-5-10(21)8-9/h2-5,7-8,11,21H,1,6,17H2,(H2,18,19,20). The monoisotopic (exact) mass is 312 g/mol. The Morgan fingerprint density at radius 2 is 2.13 bits per heavy atom. The SMILES string of the molecule is Nc1nc(-c2cccc(O)c2)nc(C(=O)C2CCC=CO2)c1N. The van der Waals surface area contributed by atoms with Crippen LogP contribution in [0.3, 0.4) is 0 Å². The maximum atomic E-state index is 12.6. The van der Waals surface area contributed by atoms with Gasteiger partial charge < -0.3 is 21.3 Å². The molecule has 1 aromatic heterocycles. The van der Waals surface area contributed by atoms with Gasteiger partial charge in [0.25, 0.3) is 0 Å². The number of Topliss-reactive ketones (excluding diaryl/α,β-unsaturated/α-hetero) is 1. The molecule has 0 radical (unpaired) electrons. The summed E-state index contributed by atoms with van der Waals surface area (Å²) in [6.45, 7) is 0. The van der Waals surface area contributed by atoms with Crippen LogP contribution in [0.5, 0.6) is 5.75 Å². The summed E-state index contributed by atoms with van der Waals surface area (Å²) >= 11 is 0. The van der Waals surface area contributed by atoms with Gasteiger partial charge in [-0.15, -0.1) is 0 Å². The first-order valence-corrected chi connectivity index (χ1v) is 7.13. The van der Waals surface area contributed by atoms with Crippen LogP contribution in [0.4, 0.5) is 11.5 Å². The average molecular weight is 312 g/mol. The quantitative estimate of drug-likeness (QED) is 0.739. The fourth-order valence-corrected chi connectivity index (χ4v) is 2.33. The highest BCUT2D eigenvalue weighted by Crippen LogP contribution is 2.27. The summed E-state index contributed by atoms with van der Waals surface area (Å²) in [5.74, 6) is -0.0205. The van der Waals surface area contributed by atoms with Gasteiger partial charge in [0.15, 0.2) is 17.7 Å². The molecule has 2 aromatic rings. The molecule has 1 atom stereocenters. The van der Waals surface area contributed by atoms with Crippen molar-refractivity contribution in [1.82, 2.24) is 9.97 Å². The Labute approximate surface area is 132 Å². The van der Waals surface area contributed by atoms with E-state index in [1.165, 1.54) is 18.4 Å². The average Bonchev–Trinajstić information content (AvgIpc) is 2.57. The highest BCUT2D eigenvalue weighted by Gasteiger charge is 2.27. The molecule has 5 N–H and O–H groups in total. The number of ether oxygens (including phenoxy) is 1. The molecule has 0 saturated carbocycles. The van der Waals surface area contributed by atoms with E-state index in [9.17, 15) is 9.90 Å². The number of hydrogen-bond donors (Lipinski definition) is 3. The van der Waals surface area contributed by atoms with E-state index in [-0.39, 0.29) is 34.6 Å². The summed E-state index contributed by atoms with van der Waals surface area (Å²) in [7, 11) is 0. The van der Waals surface area contributed by atoms with Crippen LogP contribution < -0.4 is 11.5 Å². The lowest BCUT2D eigenvalue weighted by Crippen LogP contribution is -2.26. The molecule has 7 nitrogen and oxygen atoms in total. The number of aromatic nitrogens is 2. The lowest BCUT2D eigenvalue weighted by molar-refractivity contribution is 0.0655. The first-order chi connectivity index (χ1) is 11.1. The van der Waals surface area contributed by atoms with Gasteiger partial charge in [-0.2, -0.15) is 0 Å². The summed E-state index contributed by atoms with van der Waals surface area (Å²) < 4.78 is 5.33. The zero-order valence-electron chi connectivity index (χ0n) is 12.3. The van der Waals surface area contributed by atoms with Crippen LogP contribution in [0.25, 0.3) is 11.4 Å². The maximum absolute atomic E-state index is 12.6. The number of nitrogens with two attached hydrogens (primary N) is 2. The van der Waals surface area contributed by atoms with Crippen molar-refractivity contribution in [3.8, 4) is 17.1 Å². The predicted octanol–water partition coefficient (Wildman–Crippen LogP) is 1.89. The first kappa shape index (κ1) is 14.8. The topological polar surface area (TPSA) is 124 Å². The molecular formula is C16H16N4O3. The molecule has 1 aliphatic heterocycles. The minimum atomic E-state index is -0.631. The van der Waals surface area contributed by atoms with Crippen LogP contribution in [0.1, 0.15) is 23.3 Å². The second-order valence-corrected chi connectivity index (χ2v) is 5.18. The number of aromatic hydroxyl groups is 1. The molecule has 1 aliphatic rings. The van der Waals surface area contributed by atoms with Crippen molar-refractivity contribution >= 4 is 17.3 Å². The molecule has 0 saturated heterocycles. The van der Waals surface area contributed by atoms with Crippen molar-refractivity contribution in [2.24, 2.45) is 0 Å². The molecule has 0 bridgehead atoms. The molecule has 118 valence electrons. The van der Waals surface area contributed by atoms with Crippen molar-refractivity contribution < 1.29 is 14.6 Å². The van der Waals surface area contributed by atoms with Crippen LogP contribution in [0.2, 0.25) is 0 Å². The van der Waals surface area contributed by atoms with Gasteiger partial charge >= 0.3 is 0 Å². The number of benzene rings is 1. The molecule has 7 heteroatoms. The number of allylic oxidation sites excluding steroid dienone is 1. The molecule has 1 unspecified atom stereocenters. The third-order valence-corrected chi connectivity index (χ3v) is 3.54. The van der Waals surface area contributed by atoms with Crippen LogP contribution in [0.15, 0.2) is 36.6 Å². The number of nitrogens with zero attached hydrogens (tertiary/aromatic N) is 2. The Bertz CT molecular complexity index is 789. The van der Waals surface area contributed by atoms with E-state index in [4.69, 9.17) is 16.2 Å². The van der Waals surface area contributed by atoms with Gasteiger partial charge in [-0.3, -0.25) is 4.79 Å². The number of anilines is 2. The number of ketones is 1. The van der Waals surface area contributed by atoms with Crippen LogP contribution >= 0.6 is 0 Å². The summed E-state index contributed by atoms with van der Waals surface area (Å²) in [6, 6.07) is 6.37. The Morgan fingerprint density at radius 1 is 1.30 bits per heavy atom. The van der Waals surface area contributed by atoms with E-state index in [1.807, 2.05) is 6.08 Å². The maximum Gasteiger partial charge on any atom is 0.223 e. The Morgan fingerprint density at radius 3 is 2.83 bits per heavy atom. The number of carbonyl (C=O) groups is 1. The zero-order valence-corrected chi connectivity index (χ0v) is 12.3. The van der Waals surface area contributed by atoms with Crippen molar-refractivity contribution in [3.05, 3.63) is 42.3 Å². The smallest absolute Gasteiger partial charge is 0.223 e. The Kier molecular flexibility index (Phi) is 3.84. The van der Waals surface area contributed by atoms with Gasteiger partial charge in [0.1, 0.15) is 17.1 Å². The van der Waals surface area contributed by atoms with Crippen molar-refractivity contribution in [1.29, 1.82) is 0 Å². The molecule has 0 spiro atoms. The van der Waals surface area contributed by atoms with Gasteiger partial charge in [-0.25, -0.2) is 9.97 Å². The van der Waals surface area contributed by atoms with E-state index in [2.05, 4.69) is 9.97 Å². The van der Waals surface area contributed by atoms with Crippen LogP contribution in [-0.2, 0) is 4.74 Å². The largest absolute Gasteiger partial charge is 0.508 e. The number of phenols is 1. The Hall–Kier alpha value is -3.09. The highest BCUT2D eigenvalue weighted by molar-refractivity contribution is 6.04. The number of hydrogen-bond acceptors (Lipinski definition) is 7. The van der Waals surface area contributed by atoms with E-state index < -0.39 is 6.10 Å². The molecule has 0 fully saturated rings. The van der Waals surface area contributed by atoms with E-state index in [0.717, 1.165) is 6.42 Å². The number of rotatable bonds is 3. The second-order valence-electron chi connectivity index (χ2n) is 5.18. The summed E-state index contributed by atoms with van der Waals surface area (Å²) in [5.41, 5.74) is 12.3. The Balaban J connectivity index is 2.03. The van der Waals surface area contributed by atoms with Gasteiger partial charge in [-0.1, -0.05) is 12.1 Å². The summed E-state index contributed by atoms with van der Waals surface area (Å²) in [6.07, 6.45) is 4.02. The summed E-state index contributed by atoms with van der Waals surface area (Å²) in [4.78, 5) is 20.9. The third kappa shape index (κ3) is 2.94. The van der Waals surface area contributed by atoms with Crippen molar-refractivity contribution in [2.75, 3.05) is 11.5 Å². The molecule has 0 amide bonds. The minimum absolute atomic E-state index is 0.0213. The fourth-order valence-electron chi connectivity index (χ4n) is 2.33. The van der Waals surface area contributed by atoms with Crippen LogP contribution in [-0.4, -0.2) is 27.0 Å². The van der Waals surface area contributed by atoms with Gasteiger partial charge in [-0.05, 0) is 31.1 Å². The minimum Gasteiger partial charge on any atom is -0.508 e. The molecule has 0 aliphatic carbocycles. The lowest BCUT2D eigenvalue weighted by Gasteiger charge is -2.19. The second kappa shape index (κ2) is 5.96. The fraction of sp³-hybridized carbons (Fsp3) is 0.188. The van der Waals surface area contributed by atoms with Gasteiger partial charge in [0, 0.05) is 5.56 Å². The molecule has 1 aromatic carbocycles. The van der Waals surface area contributed by atoms with Crippen molar-refractivity contribution in [3.63, 3.8) is 0 Å². The molecular weight excluding hydrogens is 296 g/mol. The van der Waals surface area contributed by atoms with Gasteiger partial charge in [0.05, 0.1) is 6.26 Å². The van der Waals surface area contributed by atoms with Gasteiger partial charge in [0.2, 0.25) is 5.78 Å². The first-order valence-electron chi connectivity index (χ1n) is 7.13. The van der Waals surface area contributed by atoms with E-state index in [1.54, 1.807) is 12.1 Å². The number of carbonyl (C=O) groups excluding carboxylic acids is 1. The normalized spacial score (nSPS) is 16.8. The van der Waals surface area contributed by atoms with E-state index in [0.29, 0.717) is 12.0 Å². The van der Waals surface area contributed by atoms with Crippen LogP contribution in [0, 0.1) is 0 Å². The predicted molar refractivity (Wildman–Crippen MR) is 85.5 cm³/mol. The van der Waals surface area contributed by atoms with Crippen molar-refractivity contribution in [2.45, 2.75) is 18.9 Å². The number of phenolic OH excluding ortho intramolecular Hbond substituents is 1. The number of nitrogen functional groups attached to an aromatic ring is 2. The highest BCUT2D eigenvalue weighted by atomic mass is 16.5.